The maximum atomic E-state index is 7.43. The van der Waals surface area contributed by atoms with E-state index in [1.165, 1.54) is 0 Å². The fraction of sp³-hybridized carbons (Fsp3) is 0.500. The van der Waals surface area contributed by atoms with Crippen LogP contribution in [0.5, 0.6) is 5.75 Å². The first-order chi connectivity index (χ1) is 8.54. The highest BCUT2D eigenvalue weighted by Gasteiger charge is 2.07. The highest BCUT2D eigenvalue weighted by Crippen LogP contribution is 2.20. The molecular weight excluding hydrogens is 228 g/mol. The first kappa shape index (κ1) is 14.5. The molecule has 0 amide bonds. The normalized spacial score (nSPS) is 10.7. The summed E-state index contributed by atoms with van der Waals surface area (Å²) in [7, 11) is 1.57. The predicted octanol–water partition coefficient (Wildman–Crippen LogP) is 2.54. The first-order valence-electron chi connectivity index (χ1n) is 6.13. The van der Waals surface area contributed by atoms with E-state index in [1.54, 1.807) is 13.2 Å². The molecule has 18 heavy (non-hydrogen) atoms. The fourth-order valence-electron chi connectivity index (χ4n) is 1.56. The third-order valence-electron chi connectivity index (χ3n) is 2.66. The maximum absolute atomic E-state index is 7.43. The summed E-state index contributed by atoms with van der Waals surface area (Å²) in [5.41, 5.74) is 7.11. The van der Waals surface area contributed by atoms with Crippen molar-refractivity contribution in [2.24, 2.45) is 11.7 Å². The highest BCUT2D eigenvalue weighted by molar-refractivity contribution is 5.97. The topological polar surface area (TPSA) is 68.3 Å². The Balaban J connectivity index is 2.60. The number of amidine groups is 1. The van der Waals surface area contributed by atoms with Gasteiger partial charge in [0.15, 0.2) is 0 Å². The second-order valence-corrected chi connectivity index (χ2v) is 4.68. The van der Waals surface area contributed by atoms with Gasteiger partial charge in [0, 0.05) is 6.61 Å². The Labute approximate surface area is 109 Å². The number of methoxy groups -OCH3 is 1. The van der Waals surface area contributed by atoms with Gasteiger partial charge in [-0.25, -0.2) is 0 Å². The van der Waals surface area contributed by atoms with Crippen molar-refractivity contribution in [1.29, 1.82) is 5.41 Å². The first-order valence-corrected chi connectivity index (χ1v) is 6.13. The lowest BCUT2D eigenvalue weighted by Gasteiger charge is -2.10. The van der Waals surface area contributed by atoms with Crippen LogP contribution in [-0.4, -0.2) is 19.6 Å². The third kappa shape index (κ3) is 4.37. The second-order valence-electron chi connectivity index (χ2n) is 4.68. The van der Waals surface area contributed by atoms with Gasteiger partial charge in [0.05, 0.1) is 19.3 Å². The van der Waals surface area contributed by atoms with Gasteiger partial charge in [0.1, 0.15) is 11.6 Å². The Bertz CT molecular complexity index is 403. The molecule has 0 aromatic heterocycles. The minimum absolute atomic E-state index is 0.0131. The summed E-state index contributed by atoms with van der Waals surface area (Å²) >= 11 is 0. The predicted molar refractivity (Wildman–Crippen MR) is 73.1 cm³/mol. The monoisotopic (exact) mass is 250 g/mol. The van der Waals surface area contributed by atoms with Crippen molar-refractivity contribution in [3.8, 4) is 5.75 Å². The lowest BCUT2D eigenvalue weighted by Crippen LogP contribution is -2.12. The van der Waals surface area contributed by atoms with E-state index < -0.39 is 0 Å². The van der Waals surface area contributed by atoms with Crippen LogP contribution in [0.25, 0.3) is 0 Å². The summed E-state index contributed by atoms with van der Waals surface area (Å²) in [6.07, 6.45) is 1.06. The number of hydrogen-bond donors (Lipinski definition) is 2. The zero-order valence-corrected chi connectivity index (χ0v) is 11.3. The fourth-order valence-corrected chi connectivity index (χ4v) is 1.56. The Hall–Kier alpha value is -1.55. The van der Waals surface area contributed by atoms with E-state index in [4.69, 9.17) is 20.6 Å². The average molecular weight is 250 g/mol. The summed E-state index contributed by atoms with van der Waals surface area (Å²) in [6, 6.07) is 5.57. The van der Waals surface area contributed by atoms with Gasteiger partial charge in [-0.15, -0.1) is 0 Å². The largest absolute Gasteiger partial charge is 0.496 e. The molecule has 0 aliphatic heterocycles. The van der Waals surface area contributed by atoms with Crippen molar-refractivity contribution < 1.29 is 9.47 Å². The molecule has 0 bridgehead atoms. The van der Waals surface area contributed by atoms with Crippen LogP contribution >= 0.6 is 0 Å². The van der Waals surface area contributed by atoms with E-state index in [0.29, 0.717) is 23.8 Å². The molecule has 1 aromatic rings. The molecule has 0 heterocycles. The molecule has 4 nitrogen and oxygen atoms in total. The molecule has 0 aliphatic rings. The van der Waals surface area contributed by atoms with Gasteiger partial charge >= 0.3 is 0 Å². The summed E-state index contributed by atoms with van der Waals surface area (Å²) in [5, 5.41) is 7.43. The van der Waals surface area contributed by atoms with Crippen molar-refractivity contribution in [2.75, 3.05) is 13.7 Å². The molecule has 0 atom stereocenters. The van der Waals surface area contributed by atoms with Crippen LogP contribution in [-0.2, 0) is 11.3 Å². The molecule has 1 aromatic carbocycles. The van der Waals surface area contributed by atoms with E-state index in [0.717, 1.165) is 18.6 Å². The second kappa shape index (κ2) is 7.01. The van der Waals surface area contributed by atoms with E-state index >= 15 is 0 Å². The summed E-state index contributed by atoms with van der Waals surface area (Å²) in [6.45, 7) is 5.66. The Morgan fingerprint density at radius 2 is 2.11 bits per heavy atom. The van der Waals surface area contributed by atoms with Crippen LogP contribution in [0.15, 0.2) is 18.2 Å². The van der Waals surface area contributed by atoms with Crippen LogP contribution in [0, 0.1) is 11.3 Å². The van der Waals surface area contributed by atoms with Crippen molar-refractivity contribution in [2.45, 2.75) is 26.9 Å². The number of benzene rings is 1. The minimum atomic E-state index is 0.0131. The minimum Gasteiger partial charge on any atom is -0.496 e. The molecule has 1 rings (SSSR count). The number of nitrogen functional groups attached to an aromatic ring is 1. The van der Waals surface area contributed by atoms with Gasteiger partial charge in [0.2, 0.25) is 0 Å². The van der Waals surface area contributed by atoms with E-state index in [2.05, 4.69) is 13.8 Å². The van der Waals surface area contributed by atoms with Crippen molar-refractivity contribution >= 4 is 5.84 Å². The summed E-state index contributed by atoms with van der Waals surface area (Å²) < 4.78 is 10.8. The van der Waals surface area contributed by atoms with Gasteiger partial charge in [0.25, 0.3) is 0 Å². The standard InChI is InChI=1S/C14H22N2O2/c1-10(2)6-7-18-9-11-4-5-12(14(15)16)13(8-11)17-3/h4-5,8,10H,6-7,9H2,1-3H3,(H3,15,16). The van der Waals surface area contributed by atoms with Gasteiger partial charge in [-0.05, 0) is 30.0 Å². The number of ether oxygens (including phenoxy) is 2. The van der Waals surface area contributed by atoms with E-state index in [1.807, 2.05) is 12.1 Å². The molecule has 0 unspecified atom stereocenters. The lowest BCUT2D eigenvalue weighted by atomic mass is 10.1. The van der Waals surface area contributed by atoms with Crippen LogP contribution in [0.3, 0.4) is 0 Å². The Morgan fingerprint density at radius 1 is 1.39 bits per heavy atom. The molecule has 0 spiro atoms. The zero-order chi connectivity index (χ0) is 13.5. The Kier molecular flexibility index (Phi) is 5.65. The molecule has 0 radical (unpaired) electrons. The lowest BCUT2D eigenvalue weighted by molar-refractivity contribution is 0.110. The molecule has 0 saturated carbocycles. The maximum Gasteiger partial charge on any atom is 0.130 e. The van der Waals surface area contributed by atoms with Gasteiger partial charge in [-0.2, -0.15) is 0 Å². The zero-order valence-electron chi connectivity index (χ0n) is 11.3. The summed E-state index contributed by atoms with van der Waals surface area (Å²) in [5.74, 6) is 1.28. The van der Waals surface area contributed by atoms with Crippen molar-refractivity contribution in [3.05, 3.63) is 29.3 Å². The molecule has 0 fully saturated rings. The van der Waals surface area contributed by atoms with Gasteiger partial charge < -0.3 is 15.2 Å². The number of nitrogens with one attached hydrogen (secondary N) is 1. The molecule has 100 valence electrons. The Morgan fingerprint density at radius 3 is 2.67 bits per heavy atom. The van der Waals surface area contributed by atoms with Crippen LogP contribution < -0.4 is 10.5 Å². The quantitative estimate of drug-likeness (QED) is 0.444. The van der Waals surface area contributed by atoms with Crippen molar-refractivity contribution in [1.82, 2.24) is 0 Å². The van der Waals surface area contributed by atoms with E-state index in [9.17, 15) is 0 Å². The molecule has 0 saturated heterocycles. The van der Waals surface area contributed by atoms with E-state index in [-0.39, 0.29) is 5.84 Å². The number of hydrogen-bond acceptors (Lipinski definition) is 3. The van der Waals surface area contributed by atoms with Crippen LogP contribution in [0.1, 0.15) is 31.4 Å². The average Bonchev–Trinajstić information content (AvgIpc) is 2.33. The molecule has 0 aliphatic carbocycles. The molecule has 4 heteroatoms. The smallest absolute Gasteiger partial charge is 0.130 e. The number of rotatable bonds is 7. The highest BCUT2D eigenvalue weighted by atomic mass is 16.5. The number of nitrogens with two attached hydrogens (primary N) is 1. The molecular formula is C14H22N2O2. The van der Waals surface area contributed by atoms with Crippen LogP contribution in [0.4, 0.5) is 0 Å². The third-order valence-corrected chi connectivity index (χ3v) is 2.66. The van der Waals surface area contributed by atoms with Gasteiger partial charge in [-0.1, -0.05) is 19.9 Å². The molecule has 3 N–H and O–H groups in total. The SMILES string of the molecule is COc1cc(COCCC(C)C)ccc1C(=N)N. The van der Waals surface area contributed by atoms with Crippen LogP contribution in [0.2, 0.25) is 0 Å². The van der Waals surface area contributed by atoms with Gasteiger partial charge in [-0.3, -0.25) is 5.41 Å². The van der Waals surface area contributed by atoms with Crippen molar-refractivity contribution in [3.63, 3.8) is 0 Å². The summed E-state index contributed by atoms with van der Waals surface area (Å²) in [4.78, 5) is 0.